The molecule has 4 rings (SSSR count). The fourth-order valence-electron chi connectivity index (χ4n) is 7.84. The van der Waals surface area contributed by atoms with Crippen molar-refractivity contribution < 1.29 is 97.6 Å². The highest BCUT2D eigenvalue weighted by molar-refractivity contribution is 5.76. The molecule has 0 aliphatic carbocycles. The minimum Gasteiger partial charge on any atom is -0.479 e. The second-order valence-corrected chi connectivity index (χ2v) is 16.3. The summed E-state index contributed by atoms with van der Waals surface area (Å²) in [6.07, 6.45) is -23.7. The number of aliphatic hydroxyl groups excluding tert-OH is 6. The number of rotatable bonds is 19. The Balaban J connectivity index is 1.63. The number of unbranched alkanes of at least 4 members (excludes halogenated alkanes) is 3. The summed E-state index contributed by atoms with van der Waals surface area (Å²) in [5.74, 6) is -3.87. The van der Waals surface area contributed by atoms with E-state index in [-0.39, 0.29) is 19.1 Å². The van der Waals surface area contributed by atoms with E-state index >= 15 is 0 Å². The molecule has 0 aromatic rings. The summed E-state index contributed by atoms with van der Waals surface area (Å²) < 4.78 is 47.8. The molecule has 0 aromatic heterocycles. The minimum atomic E-state index is -2.16. The Morgan fingerprint density at radius 2 is 1.02 bits per heavy atom. The number of aliphatic hydroxyl groups is 6. The summed E-state index contributed by atoms with van der Waals surface area (Å²) in [6.45, 7) is 9.81. The lowest BCUT2D eigenvalue weighted by Crippen LogP contribution is -2.71. The Kier molecular flexibility index (Phi) is 19.8. The van der Waals surface area contributed by atoms with Crippen molar-refractivity contribution in [2.45, 2.75) is 203 Å². The van der Waals surface area contributed by atoms with Gasteiger partial charge in [-0.25, -0.2) is 4.79 Å². The molecule has 24 heteroatoms. The molecule has 24 nitrogen and oxygen atoms in total. The maximum atomic E-state index is 12.8. The van der Waals surface area contributed by atoms with Crippen molar-refractivity contribution in [3.8, 4) is 0 Å². The van der Waals surface area contributed by atoms with Crippen LogP contribution in [0.25, 0.3) is 0 Å². The molecule has 0 aromatic carbocycles. The van der Waals surface area contributed by atoms with Crippen LogP contribution >= 0.6 is 0 Å². The zero-order chi connectivity index (χ0) is 46.9. The van der Waals surface area contributed by atoms with Gasteiger partial charge in [0.1, 0.15) is 73.1 Å². The molecule has 20 atom stereocenters. The van der Waals surface area contributed by atoms with Crippen LogP contribution in [-0.2, 0) is 61.9 Å². The molecule has 0 bridgehead atoms. The second-order valence-electron chi connectivity index (χ2n) is 16.3. The van der Waals surface area contributed by atoms with E-state index in [0.29, 0.717) is 6.42 Å². The van der Waals surface area contributed by atoms with Gasteiger partial charge < -0.3 is 94.9 Å². The Morgan fingerprint density at radius 3 is 1.56 bits per heavy atom. The molecule has 4 aliphatic rings. The maximum Gasteiger partial charge on any atom is 0.335 e. The summed E-state index contributed by atoms with van der Waals surface area (Å²) >= 11 is 0. The molecule has 4 heterocycles. The highest BCUT2D eigenvalue weighted by Crippen LogP contribution is 2.35. The zero-order valence-electron chi connectivity index (χ0n) is 36.4. The van der Waals surface area contributed by atoms with Crippen molar-refractivity contribution in [2.75, 3.05) is 13.2 Å². The monoisotopic (exact) mass is 910 g/mol. The van der Waals surface area contributed by atoms with Crippen LogP contribution in [-0.4, -0.2) is 201 Å². The van der Waals surface area contributed by atoms with Gasteiger partial charge in [0.2, 0.25) is 23.6 Å². The first-order valence-corrected chi connectivity index (χ1v) is 21.3. The van der Waals surface area contributed by atoms with Gasteiger partial charge in [-0.3, -0.25) is 19.2 Å². The number of aliphatic carboxylic acids is 1. The van der Waals surface area contributed by atoms with Crippen LogP contribution in [0.1, 0.15) is 80.6 Å². The van der Waals surface area contributed by atoms with Crippen molar-refractivity contribution in [1.29, 1.82) is 0 Å². The lowest BCUT2D eigenvalue weighted by Gasteiger charge is -2.50. The first-order valence-electron chi connectivity index (χ1n) is 21.3. The normalized spacial score (nSPS) is 40.7. The molecule has 4 aliphatic heterocycles. The zero-order valence-corrected chi connectivity index (χ0v) is 36.4. The number of carboxylic acids is 1. The molecule has 4 amide bonds. The average molecular weight is 911 g/mol. The van der Waals surface area contributed by atoms with Gasteiger partial charge in [0.05, 0.1) is 24.9 Å². The maximum absolute atomic E-state index is 12.8. The van der Waals surface area contributed by atoms with Gasteiger partial charge in [0.15, 0.2) is 31.3 Å². The third-order valence-corrected chi connectivity index (χ3v) is 11.2. The molecule has 0 radical (unpaired) electrons. The van der Waals surface area contributed by atoms with Gasteiger partial charge in [0.25, 0.3) is 0 Å². The molecule has 8 unspecified atom stereocenters. The van der Waals surface area contributed by atoms with Gasteiger partial charge in [-0.15, -0.1) is 0 Å². The predicted octanol–water partition coefficient (Wildman–Crippen LogP) is -4.03. The van der Waals surface area contributed by atoms with Gasteiger partial charge in [-0.2, -0.15) is 0 Å². The Hall–Kier alpha value is -3.21. The van der Waals surface area contributed by atoms with Crippen molar-refractivity contribution in [2.24, 2.45) is 0 Å². The van der Waals surface area contributed by atoms with Crippen molar-refractivity contribution in [3.63, 3.8) is 0 Å². The van der Waals surface area contributed by atoms with Crippen molar-refractivity contribution >= 4 is 29.6 Å². The highest BCUT2D eigenvalue weighted by Gasteiger charge is 2.57. The predicted molar refractivity (Wildman–Crippen MR) is 210 cm³/mol. The number of carbonyl (C=O) groups excluding carboxylic acids is 4. The quantitative estimate of drug-likeness (QED) is 0.0550. The lowest BCUT2D eigenvalue weighted by molar-refractivity contribution is -0.372. The summed E-state index contributed by atoms with van der Waals surface area (Å²) in [5, 5.41) is 86.8. The number of carbonyl (C=O) groups is 5. The summed E-state index contributed by atoms with van der Waals surface area (Å²) in [4.78, 5) is 62.0. The third-order valence-electron chi connectivity index (χ3n) is 11.2. The molecule has 0 saturated carbocycles. The van der Waals surface area contributed by atoms with Crippen LogP contribution in [0.5, 0.6) is 0 Å². The van der Waals surface area contributed by atoms with E-state index in [1.165, 1.54) is 27.7 Å². The van der Waals surface area contributed by atoms with E-state index in [4.69, 9.17) is 37.9 Å². The molecular weight excluding hydrogens is 844 g/mol. The molecule has 0 spiro atoms. The van der Waals surface area contributed by atoms with Crippen molar-refractivity contribution in [3.05, 3.63) is 0 Å². The van der Waals surface area contributed by atoms with E-state index in [2.05, 4.69) is 28.2 Å². The van der Waals surface area contributed by atoms with Crippen LogP contribution in [0, 0.1) is 0 Å². The fourth-order valence-corrected chi connectivity index (χ4v) is 7.84. The van der Waals surface area contributed by atoms with E-state index in [1.807, 2.05) is 0 Å². The Labute approximate surface area is 364 Å². The van der Waals surface area contributed by atoms with Gasteiger partial charge in [-0.05, 0) is 27.2 Å². The fraction of sp³-hybridized carbons (Fsp3) is 0.872. The van der Waals surface area contributed by atoms with Crippen LogP contribution in [0.2, 0.25) is 0 Å². The largest absolute Gasteiger partial charge is 0.479 e. The minimum absolute atomic E-state index is 0.0665. The van der Waals surface area contributed by atoms with E-state index in [1.54, 1.807) is 0 Å². The topological polar surface area (TPSA) is 349 Å². The first-order chi connectivity index (χ1) is 29.7. The number of carboxylic acid groups (broad SMARTS) is 1. The number of hydrogen-bond acceptors (Lipinski definition) is 19. The van der Waals surface area contributed by atoms with Gasteiger partial charge >= 0.3 is 5.97 Å². The molecule has 4 fully saturated rings. The SMILES string of the molecule is CCCCCCC(=O)NCCO[C@@H]1OC(C)[C@H](O)[C@H](O[C@@H]2OC(C)[C@@H](O)[C@H](O[C@@H]3OC(C(=O)O)[C@@H](O)[C@H](O)C3O[C@@H]3OC(C)[C@@H](O)[C@H](O)C3NC(C)=O)C2NC(C)=O)C1NC(C)=O. The van der Waals surface area contributed by atoms with E-state index < -0.39 is 146 Å². The van der Waals surface area contributed by atoms with Crippen LogP contribution in [0.3, 0.4) is 0 Å². The summed E-state index contributed by atoms with van der Waals surface area (Å²) in [6, 6.07) is -4.26. The first kappa shape index (κ1) is 52.4. The molecular formula is C39H66N4O20. The number of ether oxygens (including phenoxy) is 8. The van der Waals surface area contributed by atoms with Crippen LogP contribution in [0.4, 0.5) is 0 Å². The van der Waals surface area contributed by atoms with Crippen LogP contribution < -0.4 is 21.3 Å². The Morgan fingerprint density at radius 1 is 0.540 bits per heavy atom. The van der Waals surface area contributed by atoms with Crippen LogP contribution in [0.15, 0.2) is 0 Å². The molecule has 362 valence electrons. The third kappa shape index (κ3) is 13.7. The number of amides is 4. The summed E-state index contributed by atoms with van der Waals surface area (Å²) in [7, 11) is 0. The number of hydrogen-bond donors (Lipinski definition) is 11. The molecule has 4 saturated heterocycles. The van der Waals surface area contributed by atoms with Crippen molar-refractivity contribution in [1.82, 2.24) is 21.3 Å². The Bertz CT molecular complexity index is 1530. The number of nitrogens with one attached hydrogen (secondary N) is 4. The highest BCUT2D eigenvalue weighted by atomic mass is 16.8. The molecule has 11 N–H and O–H groups in total. The van der Waals surface area contributed by atoms with E-state index in [9.17, 15) is 59.7 Å². The van der Waals surface area contributed by atoms with E-state index in [0.717, 1.165) is 39.5 Å². The van der Waals surface area contributed by atoms with Gasteiger partial charge in [-0.1, -0.05) is 26.2 Å². The second kappa shape index (κ2) is 23.8. The molecule has 63 heavy (non-hydrogen) atoms. The summed E-state index contributed by atoms with van der Waals surface area (Å²) in [5.41, 5.74) is 0. The standard InChI is InChI=1S/C39H66N4O20/c1-8-9-10-11-12-21(47)40-13-14-56-36-23(42-19(6)45)31(26(49)16(3)57-36)60-38-24(43-20(7)46)32(27(50)17(4)59-38)61-39-34(30(53)29(52)33(62-39)35(54)55)63-37-22(41-18(5)44)28(51)25(48)15(2)58-37/h15-17,22-34,36-39,48-53H,8-14H2,1-7H3,(H,40,47)(H,41,44)(H,42,45)(H,43,46)(H,54,55)/t15?,16?,17?,22?,23?,24?,25-,26+,27-,28-,29+,30+,31-,32-,33?,34?,36-,37+,38+,39-/m1/s1. The smallest absolute Gasteiger partial charge is 0.335 e. The van der Waals surface area contributed by atoms with Gasteiger partial charge in [0, 0.05) is 33.7 Å². The average Bonchev–Trinajstić information content (AvgIpc) is 3.20. The lowest BCUT2D eigenvalue weighted by atomic mass is 9.94.